The van der Waals surface area contributed by atoms with Crippen LogP contribution < -0.4 is 10.6 Å². The maximum atomic E-state index is 13.2. The van der Waals surface area contributed by atoms with Gasteiger partial charge in [-0.1, -0.05) is 48.0 Å². The number of carbonyl (C=O) groups is 2. The van der Waals surface area contributed by atoms with Gasteiger partial charge < -0.3 is 15.5 Å². The van der Waals surface area contributed by atoms with E-state index in [1.54, 1.807) is 12.1 Å². The molecule has 7 heteroatoms. The van der Waals surface area contributed by atoms with Crippen molar-refractivity contribution in [3.05, 3.63) is 86.6 Å². The third-order valence-corrected chi connectivity index (χ3v) is 6.93. The van der Waals surface area contributed by atoms with Crippen molar-refractivity contribution in [3.8, 4) is 0 Å². The van der Waals surface area contributed by atoms with Gasteiger partial charge >= 0.3 is 0 Å². The van der Waals surface area contributed by atoms with Gasteiger partial charge in [0.2, 0.25) is 5.91 Å². The third-order valence-electron chi connectivity index (χ3n) is 5.70. The number of rotatable bonds is 6. The first kappa shape index (κ1) is 22.5. The Hall–Kier alpha value is -2.67. The number of hydrogen-bond acceptors (Lipinski definition) is 4. The van der Waals surface area contributed by atoms with Crippen LogP contribution >= 0.6 is 22.9 Å². The molecule has 2 aromatic carbocycles. The maximum Gasteiger partial charge on any atom is 0.262 e. The average Bonchev–Trinajstić information content (AvgIpc) is 3.14. The van der Waals surface area contributed by atoms with Crippen LogP contribution in [-0.2, 0) is 24.1 Å². The molecule has 0 spiro atoms. The minimum Gasteiger partial charge on any atom is -0.339 e. The lowest BCUT2D eigenvalue weighted by molar-refractivity contribution is -0.118. The summed E-state index contributed by atoms with van der Waals surface area (Å²) in [5.74, 6) is -0.543. The predicted molar refractivity (Wildman–Crippen MR) is 131 cm³/mol. The highest BCUT2D eigenvalue weighted by Gasteiger charge is 2.23. The summed E-state index contributed by atoms with van der Waals surface area (Å²) in [5.41, 5.74) is 4.33. The molecule has 2 heterocycles. The summed E-state index contributed by atoms with van der Waals surface area (Å²) in [7, 11) is 2.13. The molecule has 166 valence electrons. The van der Waals surface area contributed by atoms with Crippen LogP contribution in [-0.4, -0.2) is 42.9 Å². The Labute approximate surface area is 197 Å². The number of carbonyl (C=O) groups excluding carboxylic acids is 2. The van der Waals surface area contributed by atoms with Crippen LogP contribution in [0.2, 0.25) is 4.34 Å². The molecule has 4 rings (SSSR count). The van der Waals surface area contributed by atoms with Crippen molar-refractivity contribution in [2.45, 2.75) is 25.3 Å². The van der Waals surface area contributed by atoms with Crippen LogP contribution in [0, 0.1) is 0 Å². The number of anilines is 1. The molecular weight excluding hydrogens is 442 g/mol. The van der Waals surface area contributed by atoms with Gasteiger partial charge in [0.15, 0.2) is 0 Å². The van der Waals surface area contributed by atoms with Crippen LogP contribution in [0.25, 0.3) is 0 Å². The smallest absolute Gasteiger partial charge is 0.262 e. The van der Waals surface area contributed by atoms with Crippen molar-refractivity contribution in [1.82, 2.24) is 10.2 Å². The van der Waals surface area contributed by atoms with Gasteiger partial charge in [-0.3, -0.25) is 9.59 Å². The van der Waals surface area contributed by atoms with Crippen molar-refractivity contribution < 1.29 is 9.59 Å². The van der Waals surface area contributed by atoms with E-state index in [-0.39, 0.29) is 11.8 Å². The molecule has 2 N–H and O–H groups in total. The fourth-order valence-electron chi connectivity index (χ4n) is 3.87. The van der Waals surface area contributed by atoms with E-state index in [1.165, 1.54) is 22.5 Å². The maximum absolute atomic E-state index is 13.2. The Bertz CT molecular complexity index is 1100. The number of hydrogen-bond donors (Lipinski definition) is 2. The number of likely N-dealkylation sites (N-methyl/N-ethyl adjacent to an activating group) is 1. The van der Waals surface area contributed by atoms with E-state index in [2.05, 4.69) is 34.7 Å². The zero-order valence-corrected chi connectivity index (χ0v) is 19.5. The number of benzene rings is 2. The van der Waals surface area contributed by atoms with Crippen molar-refractivity contribution in [3.63, 3.8) is 0 Å². The standard InChI is InChI=1S/C25H26ClN3O2S/c1-29-13-11-18-7-8-20(16-19(18)12-14-29)27-24(30)21(15-17-5-3-2-4-6-17)28-25(31)22-9-10-23(26)32-22/h2-10,16,21H,11-15H2,1H3,(H,27,30)(H,28,31). The molecule has 1 unspecified atom stereocenters. The number of thiophene rings is 1. The highest BCUT2D eigenvalue weighted by Crippen LogP contribution is 2.22. The van der Waals surface area contributed by atoms with Gasteiger partial charge in [-0.2, -0.15) is 0 Å². The summed E-state index contributed by atoms with van der Waals surface area (Å²) in [6.07, 6.45) is 2.36. The van der Waals surface area contributed by atoms with E-state index in [9.17, 15) is 9.59 Å². The first-order chi connectivity index (χ1) is 15.5. The van der Waals surface area contributed by atoms with E-state index in [1.807, 2.05) is 36.4 Å². The molecule has 1 aromatic heterocycles. The fourth-order valence-corrected chi connectivity index (χ4v) is 4.82. The lowest BCUT2D eigenvalue weighted by Crippen LogP contribution is -2.45. The minimum absolute atomic E-state index is 0.240. The molecule has 5 nitrogen and oxygen atoms in total. The Morgan fingerprint density at radius 3 is 2.50 bits per heavy atom. The summed E-state index contributed by atoms with van der Waals surface area (Å²) in [6, 6.07) is 18.4. The lowest BCUT2D eigenvalue weighted by Gasteiger charge is -2.19. The van der Waals surface area contributed by atoms with Gasteiger partial charge in [0.25, 0.3) is 5.91 Å². The first-order valence-electron chi connectivity index (χ1n) is 10.7. The van der Waals surface area contributed by atoms with Crippen molar-refractivity contribution in [2.24, 2.45) is 0 Å². The van der Waals surface area contributed by atoms with Crippen molar-refractivity contribution >= 4 is 40.4 Å². The predicted octanol–water partition coefficient (Wildman–Crippen LogP) is 4.41. The van der Waals surface area contributed by atoms with Crippen LogP contribution in [0.5, 0.6) is 0 Å². The van der Waals surface area contributed by atoms with Gasteiger partial charge in [0.1, 0.15) is 6.04 Å². The summed E-state index contributed by atoms with van der Waals surface area (Å²) in [5, 5.41) is 5.90. The molecule has 32 heavy (non-hydrogen) atoms. The van der Waals surface area contributed by atoms with Gasteiger partial charge in [0.05, 0.1) is 9.21 Å². The highest BCUT2D eigenvalue weighted by molar-refractivity contribution is 7.18. The Balaban J connectivity index is 1.51. The SMILES string of the molecule is CN1CCc2ccc(NC(=O)C(Cc3ccccc3)NC(=O)c3ccc(Cl)s3)cc2CC1. The normalized spacial score (nSPS) is 14.8. The second-order valence-electron chi connectivity index (χ2n) is 8.10. The molecule has 0 bridgehead atoms. The monoisotopic (exact) mass is 467 g/mol. The molecule has 2 amide bonds. The Kier molecular flexibility index (Phi) is 7.25. The van der Waals surface area contributed by atoms with E-state index >= 15 is 0 Å². The molecule has 0 fully saturated rings. The number of nitrogens with one attached hydrogen (secondary N) is 2. The molecule has 0 saturated carbocycles. The summed E-state index contributed by atoms with van der Waals surface area (Å²) >= 11 is 7.17. The topological polar surface area (TPSA) is 61.4 Å². The highest BCUT2D eigenvalue weighted by atomic mass is 35.5. The Morgan fingerprint density at radius 2 is 1.78 bits per heavy atom. The number of nitrogens with zero attached hydrogens (tertiary/aromatic N) is 1. The number of halogens is 1. The molecule has 0 radical (unpaired) electrons. The second-order valence-corrected chi connectivity index (χ2v) is 9.81. The molecule has 0 aliphatic carbocycles. The molecule has 1 aliphatic rings. The van der Waals surface area contributed by atoms with Gasteiger partial charge in [-0.05, 0) is 60.8 Å². The fraction of sp³-hybridized carbons (Fsp3) is 0.280. The third kappa shape index (κ3) is 5.76. The van der Waals surface area contributed by atoms with Crippen molar-refractivity contribution in [2.75, 3.05) is 25.5 Å². The summed E-state index contributed by atoms with van der Waals surface area (Å²) in [4.78, 5) is 28.8. The zero-order chi connectivity index (χ0) is 22.5. The van der Waals surface area contributed by atoms with E-state index in [0.717, 1.165) is 37.2 Å². The van der Waals surface area contributed by atoms with Crippen LogP contribution in [0.4, 0.5) is 5.69 Å². The zero-order valence-electron chi connectivity index (χ0n) is 17.9. The lowest BCUT2D eigenvalue weighted by atomic mass is 10.0. The van der Waals surface area contributed by atoms with E-state index in [4.69, 9.17) is 11.6 Å². The number of amides is 2. The Morgan fingerprint density at radius 1 is 1.03 bits per heavy atom. The van der Waals surface area contributed by atoms with Gasteiger partial charge in [-0.15, -0.1) is 11.3 Å². The molecular formula is C25H26ClN3O2S. The average molecular weight is 468 g/mol. The van der Waals surface area contributed by atoms with Crippen LogP contribution in [0.15, 0.2) is 60.7 Å². The molecule has 0 saturated heterocycles. The quantitative estimate of drug-likeness (QED) is 0.564. The largest absolute Gasteiger partial charge is 0.339 e. The molecule has 1 aliphatic heterocycles. The number of fused-ring (bicyclic) bond motifs is 1. The minimum atomic E-state index is -0.712. The van der Waals surface area contributed by atoms with Gasteiger partial charge in [-0.25, -0.2) is 0 Å². The van der Waals surface area contributed by atoms with E-state index < -0.39 is 6.04 Å². The summed E-state index contributed by atoms with van der Waals surface area (Å²) < 4.78 is 0.537. The first-order valence-corrected chi connectivity index (χ1v) is 11.9. The van der Waals surface area contributed by atoms with Crippen LogP contribution in [0.3, 0.4) is 0 Å². The second kappa shape index (κ2) is 10.3. The molecule has 1 atom stereocenters. The van der Waals surface area contributed by atoms with Crippen LogP contribution in [0.1, 0.15) is 26.4 Å². The summed E-state index contributed by atoms with van der Waals surface area (Å²) in [6.45, 7) is 2.04. The van der Waals surface area contributed by atoms with Gasteiger partial charge in [0, 0.05) is 25.2 Å². The van der Waals surface area contributed by atoms with Crippen molar-refractivity contribution in [1.29, 1.82) is 0 Å². The molecule has 3 aromatic rings. The van der Waals surface area contributed by atoms with E-state index in [0.29, 0.717) is 15.6 Å².